The minimum absolute atomic E-state index is 0.282. The Labute approximate surface area is 221 Å². The zero-order valence-corrected chi connectivity index (χ0v) is 23.2. The smallest absolute Gasteiger partial charge is 0.407 e. The predicted octanol–water partition coefficient (Wildman–Crippen LogP) is 8.24. The third-order valence-electron chi connectivity index (χ3n) is 6.03. The van der Waals surface area contributed by atoms with Crippen molar-refractivity contribution in [3.63, 3.8) is 0 Å². The molecule has 0 aliphatic heterocycles. The second kappa shape index (κ2) is 27.3. The summed E-state index contributed by atoms with van der Waals surface area (Å²) in [5.41, 5.74) is 0. The van der Waals surface area contributed by atoms with Gasteiger partial charge in [0, 0.05) is 13.1 Å². The molecule has 0 aromatic rings. The molecule has 1 unspecified atom stereocenters. The Hall–Kier alpha value is -2.24. The minimum atomic E-state index is -0.350. The van der Waals surface area contributed by atoms with E-state index in [1.165, 1.54) is 51.4 Å². The van der Waals surface area contributed by atoms with Gasteiger partial charge in [-0.25, -0.2) is 9.59 Å². The van der Waals surface area contributed by atoms with Gasteiger partial charge in [0.05, 0.1) is 0 Å². The fraction of sp³-hybridized carbons (Fsp3) is 0.733. The first-order chi connectivity index (χ1) is 17.6. The summed E-state index contributed by atoms with van der Waals surface area (Å²) < 4.78 is 10.3. The molecule has 0 radical (unpaired) electrons. The van der Waals surface area contributed by atoms with Crippen LogP contribution >= 0.6 is 0 Å². The number of nitrogens with one attached hydrogen (secondary N) is 2. The summed E-state index contributed by atoms with van der Waals surface area (Å²) in [4.78, 5) is 23.4. The van der Waals surface area contributed by atoms with Crippen LogP contribution in [0.2, 0.25) is 0 Å². The van der Waals surface area contributed by atoms with Crippen molar-refractivity contribution in [2.75, 3.05) is 26.3 Å². The maximum Gasteiger partial charge on any atom is 0.407 e. The van der Waals surface area contributed by atoms with Crippen molar-refractivity contribution in [1.29, 1.82) is 0 Å². The van der Waals surface area contributed by atoms with E-state index < -0.39 is 0 Å². The van der Waals surface area contributed by atoms with Crippen LogP contribution in [-0.2, 0) is 9.47 Å². The van der Waals surface area contributed by atoms with Crippen LogP contribution in [0.5, 0.6) is 0 Å². The van der Waals surface area contributed by atoms with Gasteiger partial charge in [-0.05, 0) is 38.0 Å². The third kappa shape index (κ3) is 24.9. The number of rotatable bonds is 24. The van der Waals surface area contributed by atoms with Crippen molar-refractivity contribution in [3.05, 3.63) is 37.0 Å². The zero-order valence-electron chi connectivity index (χ0n) is 23.2. The molecule has 0 rings (SSSR count). The molecular weight excluding hydrogens is 452 g/mol. The number of ether oxygens (including phenoxy) is 2. The van der Waals surface area contributed by atoms with Crippen LogP contribution in [0, 0.1) is 5.92 Å². The van der Waals surface area contributed by atoms with Gasteiger partial charge in [0.2, 0.25) is 0 Å². The van der Waals surface area contributed by atoms with Gasteiger partial charge in [0.1, 0.15) is 13.2 Å². The molecule has 0 heterocycles. The summed E-state index contributed by atoms with van der Waals surface area (Å²) in [5.74, 6) is 0.356. The lowest BCUT2D eigenvalue weighted by Gasteiger charge is -2.08. The lowest BCUT2D eigenvalue weighted by atomic mass is 9.99. The number of carbonyl (C=O) groups is 2. The van der Waals surface area contributed by atoms with Crippen LogP contribution in [0.4, 0.5) is 9.59 Å². The molecule has 0 spiro atoms. The van der Waals surface area contributed by atoms with Gasteiger partial charge in [-0.2, -0.15) is 0 Å². The zero-order chi connectivity index (χ0) is 26.5. The highest BCUT2D eigenvalue weighted by Gasteiger charge is 2.02. The highest BCUT2D eigenvalue weighted by Crippen LogP contribution is 2.13. The normalized spacial score (nSPS) is 12.1. The number of allylic oxidation sites excluding steroid dienone is 3. The predicted molar refractivity (Wildman–Crippen MR) is 151 cm³/mol. The maximum absolute atomic E-state index is 11.7. The van der Waals surface area contributed by atoms with Crippen LogP contribution in [0.15, 0.2) is 37.0 Å². The molecule has 0 saturated heterocycles. The quantitative estimate of drug-likeness (QED) is 0.102. The molecule has 0 aromatic heterocycles. The summed E-state index contributed by atoms with van der Waals surface area (Å²) in [7, 11) is 0. The molecule has 36 heavy (non-hydrogen) atoms. The Morgan fingerprint density at radius 1 is 0.694 bits per heavy atom. The van der Waals surface area contributed by atoms with E-state index in [0.717, 1.165) is 44.9 Å². The summed E-state index contributed by atoms with van der Waals surface area (Å²) >= 11 is 0. The lowest BCUT2D eigenvalue weighted by molar-refractivity contribution is 0.157. The van der Waals surface area contributed by atoms with Gasteiger partial charge in [0.15, 0.2) is 0 Å². The lowest BCUT2D eigenvalue weighted by Crippen LogP contribution is -2.25. The second-order valence-electron chi connectivity index (χ2n) is 9.34. The monoisotopic (exact) mass is 506 g/mol. The summed E-state index contributed by atoms with van der Waals surface area (Å²) in [6.45, 7) is 10.3. The molecule has 2 amide bonds. The number of hydrogen-bond donors (Lipinski definition) is 2. The highest BCUT2D eigenvalue weighted by atomic mass is 16.6. The average molecular weight is 507 g/mol. The summed E-state index contributed by atoms with van der Waals surface area (Å²) in [6, 6.07) is 0. The fourth-order valence-electron chi connectivity index (χ4n) is 3.71. The van der Waals surface area contributed by atoms with Crippen LogP contribution in [0.3, 0.4) is 0 Å². The van der Waals surface area contributed by atoms with E-state index in [9.17, 15) is 9.59 Å². The van der Waals surface area contributed by atoms with Crippen molar-refractivity contribution in [2.45, 2.75) is 110 Å². The average Bonchev–Trinajstić information content (AvgIpc) is 2.88. The molecule has 208 valence electrons. The Kier molecular flexibility index (Phi) is 25.6. The fourth-order valence-corrected chi connectivity index (χ4v) is 3.71. The van der Waals surface area contributed by atoms with Crippen molar-refractivity contribution < 1.29 is 19.1 Å². The van der Waals surface area contributed by atoms with E-state index in [4.69, 9.17) is 9.47 Å². The molecule has 1 atom stereocenters. The Balaban J connectivity index is 3.68. The van der Waals surface area contributed by atoms with Gasteiger partial charge in [-0.15, -0.1) is 6.58 Å². The topological polar surface area (TPSA) is 76.7 Å². The van der Waals surface area contributed by atoms with Gasteiger partial charge >= 0.3 is 12.2 Å². The minimum Gasteiger partial charge on any atom is -0.445 e. The molecule has 0 aromatic carbocycles. The molecule has 6 heteroatoms. The number of amides is 2. The number of carbonyl (C=O) groups excluding carboxylic acids is 2. The first-order valence-corrected chi connectivity index (χ1v) is 14.4. The Morgan fingerprint density at radius 2 is 1.17 bits per heavy atom. The van der Waals surface area contributed by atoms with Crippen molar-refractivity contribution in [2.24, 2.45) is 5.92 Å². The number of unbranched alkanes of at least 4 members (excludes halogenated alkanes) is 10. The molecule has 6 nitrogen and oxygen atoms in total. The van der Waals surface area contributed by atoms with Gasteiger partial charge < -0.3 is 20.1 Å². The first kappa shape index (κ1) is 33.8. The number of alkyl carbamates (subject to hydrolysis) is 2. The molecule has 0 bridgehead atoms. The number of hydrogen-bond acceptors (Lipinski definition) is 4. The third-order valence-corrected chi connectivity index (χ3v) is 6.03. The van der Waals surface area contributed by atoms with Gasteiger partial charge in [0.25, 0.3) is 0 Å². The Morgan fingerprint density at radius 3 is 1.67 bits per heavy atom. The standard InChI is InChI=1S/C30H54N2O4/c1-4-7-9-11-13-18-24-31-29(33)35-26-20-15-16-22-28(6-3)23-17-21-27-36-30(34)32-25-19-14-12-10-8-5-2/h6,15,17,20-21,28H,3-5,7-14,16,18-19,22-27H2,1-2H3,(H,31,33)(H,32,34)/b20-15+,21-17+. The van der Waals surface area contributed by atoms with Crippen molar-refractivity contribution in [1.82, 2.24) is 10.6 Å². The first-order valence-electron chi connectivity index (χ1n) is 14.4. The SMILES string of the molecule is C=CC(C/C=C/COC(=O)NCCCCCCCC)CC/C=C/COC(=O)NCCCCCCCC. The van der Waals surface area contributed by atoms with Crippen molar-refractivity contribution in [3.8, 4) is 0 Å². The maximum atomic E-state index is 11.7. The molecule has 0 aliphatic carbocycles. The molecule has 0 fully saturated rings. The van der Waals surface area contributed by atoms with E-state index in [1.54, 1.807) is 0 Å². The van der Waals surface area contributed by atoms with Crippen LogP contribution in [-0.4, -0.2) is 38.5 Å². The molecular formula is C30H54N2O4. The van der Waals surface area contributed by atoms with Crippen LogP contribution < -0.4 is 10.6 Å². The van der Waals surface area contributed by atoms with E-state index in [-0.39, 0.29) is 18.8 Å². The van der Waals surface area contributed by atoms with E-state index in [1.807, 2.05) is 30.4 Å². The molecule has 0 aliphatic rings. The summed E-state index contributed by atoms with van der Waals surface area (Å²) in [6.07, 6.45) is 26.2. The largest absolute Gasteiger partial charge is 0.445 e. The molecule has 0 saturated carbocycles. The van der Waals surface area contributed by atoms with Gasteiger partial charge in [-0.1, -0.05) is 108 Å². The van der Waals surface area contributed by atoms with Crippen LogP contribution in [0.1, 0.15) is 110 Å². The van der Waals surface area contributed by atoms with Gasteiger partial charge in [-0.3, -0.25) is 0 Å². The van der Waals surface area contributed by atoms with Crippen molar-refractivity contribution >= 4 is 12.2 Å². The van der Waals surface area contributed by atoms with E-state index in [2.05, 4.69) is 31.1 Å². The Bertz CT molecular complexity index is 589. The summed E-state index contributed by atoms with van der Waals surface area (Å²) in [5, 5.41) is 5.60. The van der Waals surface area contributed by atoms with Crippen LogP contribution in [0.25, 0.3) is 0 Å². The highest BCUT2D eigenvalue weighted by molar-refractivity contribution is 5.67. The molecule has 2 N–H and O–H groups in total. The van der Waals surface area contributed by atoms with E-state index >= 15 is 0 Å². The van der Waals surface area contributed by atoms with E-state index in [0.29, 0.717) is 25.6 Å². The second-order valence-corrected chi connectivity index (χ2v) is 9.34.